The molecule has 0 fully saturated rings. The van der Waals surface area contributed by atoms with E-state index in [0.29, 0.717) is 0 Å². The van der Waals surface area contributed by atoms with Crippen LogP contribution < -0.4 is 5.32 Å². The maximum Gasteiger partial charge on any atom is 0.138 e. The molecule has 20 heavy (non-hydrogen) atoms. The van der Waals surface area contributed by atoms with Gasteiger partial charge < -0.3 is 5.32 Å². The lowest BCUT2D eigenvalue weighted by Gasteiger charge is -2.17. The summed E-state index contributed by atoms with van der Waals surface area (Å²) in [6.45, 7) is 5.10. The Morgan fingerprint density at radius 1 is 1.35 bits per heavy atom. The molecule has 0 saturated carbocycles. The first-order valence-electron chi connectivity index (χ1n) is 6.95. The molecule has 5 heteroatoms. The van der Waals surface area contributed by atoms with Gasteiger partial charge in [0.15, 0.2) is 0 Å². The molecule has 0 saturated heterocycles. The van der Waals surface area contributed by atoms with E-state index < -0.39 is 0 Å². The molecule has 2 rings (SSSR count). The molecule has 0 aliphatic carbocycles. The van der Waals surface area contributed by atoms with Crippen molar-refractivity contribution in [1.82, 2.24) is 20.1 Å². The molecule has 1 heterocycles. The van der Waals surface area contributed by atoms with Gasteiger partial charge in [0.1, 0.15) is 12.2 Å². The van der Waals surface area contributed by atoms with Gasteiger partial charge in [-0.05, 0) is 43.7 Å². The molecule has 1 aromatic carbocycles. The summed E-state index contributed by atoms with van der Waals surface area (Å²) in [4.78, 5) is 4.37. The summed E-state index contributed by atoms with van der Waals surface area (Å²) in [5.41, 5.74) is 2.35. The second kappa shape index (κ2) is 6.86. The van der Waals surface area contributed by atoms with Gasteiger partial charge in [0.2, 0.25) is 0 Å². The van der Waals surface area contributed by atoms with Gasteiger partial charge in [-0.15, -0.1) is 0 Å². The zero-order chi connectivity index (χ0) is 14.5. The lowest BCUT2D eigenvalue weighted by molar-refractivity contribution is 0.517. The molecular formula is C15H21ClN4. The molecule has 1 aromatic heterocycles. The van der Waals surface area contributed by atoms with Crippen LogP contribution in [0, 0.1) is 6.92 Å². The second-order valence-electron chi connectivity index (χ2n) is 5.01. The van der Waals surface area contributed by atoms with E-state index in [4.69, 9.17) is 11.6 Å². The zero-order valence-electron chi connectivity index (χ0n) is 12.2. The monoisotopic (exact) mass is 292 g/mol. The smallest absolute Gasteiger partial charge is 0.138 e. The third-order valence-corrected chi connectivity index (χ3v) is 3.55. The zero-order valence-corrected chi connectivity index (χ0v) is 13.0. The molecule has 0 radical (unpaired) electrons. The standard InChI is InChI=1S/C15H21ClN4/c1-4-5-20-15(18-10-19-20)9-14(17-3)12-6-11(2)7-13(16)8-12/h6-8,10,14,17H,4-5,9H2,1-3H3. The number of likely N-dealkylation sites (N-methyl/N-ethyl adjacent to an activating group) is 1. The predicted molar refractivity (Wildman–Crippen MR) is 82.0 cm³/mol. The third-order valence-electron chi connectivity index (χ3n) is 3.33. The van der Waals surface area contributed by atoms with Crippen LogP contribution in [-0.4, -0.2) is 21.8 Å². The van der Waals surface area contributed by atoms with E-state index in [-0.39, 0.29) is 6.04 Å². The highest BCUT2D eigenvalue weighted by Gasteiger charge is 2.15. The Kier molecular flexibility index (Phi) is 5.15. The SMILES string of the molecule is CCCn1ncnc1CC(NC)c1cc(C)cc(Cl)c1. The average Bonchev–Trinajstić information content (AvgIpc) is 2.82. The normalized spacial score (nSPS) is 12.6. The van der Waals surface area contributed by atoms with Crippen LogP contribution in [-0.2, 0) is 13.0 Å². The van der Waals surface area contributed by atoms with Crippen LogP contribution in [0.4, 0.5) is 0 Å². The number of aromatic nitrogens is 3. The molecule has 2 aromatic rings. The van der Waals surface area contributed by atoms with Crippen molar-refractivity contribution in [3.63, 3.8) is 0 Å². The Morgan fingerprint density at radius 3 is 2.80 bits per heavy atom. The first-order chi connectivity index (χ1) is 9.63. The maximum atomic E-state index is 6.15. The van der Waals surface area contributed by atoms with Gasteiger partial charge in [-0.1, -0.05) is 24.6 Å². The Hall–Kier alpha value is -1.39. The number of hydrogen-bond acceptors (Lipinski definition) is 3. The van der Waals surface area contributed by atoms with Gasteiger partial charge in [-0.25, -0.2) is 4.98 Å². The number of nitrogens with one attached hydrogen (secondary N) is 1. The molecule has 1 atom stereocenters. The number of hydrogen-bond donors (Lipinski definition) is 1. The van der Waals surface area contributed by atoms with Gasteiger partial charge in [-0.2, -0.15) is 5.10 Å². The molecule has 0 spiro atoms. The van der Waals surface area contributed by atoms with Crippen molar-refractivity contribution in [1.29, 1.82) is 0 Å². The summed E-state index contributed by atoms with van der Waals surface area (Å²) < 4.78 is 1.97. The Balaban J connectivity index is 2.22. The summed E-state index contributed by atoms with van der Waals surface area (Å²) in [5, 5.41) is 8.39. The largest absolute Gasteiger partial charge is 0.313 e. The molecule has 108 valence electrons. The molecule has 0 aliphatic rings. The summed E-state index contributed by atoms with van der Waals surface area (Å²) >= 11 is 6.15. The predicted octanol–water partition coefficient (Wildman–Crippen LogP) is 3.15. The Bertz CT molecular complexity index is 545. The van der Waals surface area contributed by atoms with Crippen molar-refractivity contribution in [2.75, 3.05) is 7.05 Å². The first-order valence-corrected chi connectivity index (χ1v) is 7.33. The maximum absolute atomic E-state index is 6.15. The molecule has 4 nitrogen and oxygen atoms in total. The highest BCUT2D eigenvalue weighted by Crippen LogP contribution is 2.22. The molecule has 0 aliphatic heterocycles. The van der Waals surface area contributed by atoms with E-state index in [1.165, 1.54) is 11.1 Å². The third kappa shape index (κ3) is 3.58. The average molecular weight is 293 g/mol. The van der Waals surface area contributed by atoms with Gasteiger partial charge in [0.25, 0.3) is 0 Å². The highest BCUT2D eigenvalue weighted by molar-refractivity contribution is 6.30. The van der Waals surface area contributed by atoms with E-state index in [1.807, 2.05) is 23.9 Å². The minimum absolute atomic E-state index is 0.187. The van der Waals surface area contributed by atoms with Crippen molar-refractivity contribution in [2.45, 2.75) is 39.3 Å². The Morgan fingerprint density at radius 2 is 2.15 bits per heavy atom. The minimum Gasteiger partial charge on any atom is -0.313 e. The molecule has 1 N–H and O–H groups in total. The summed E-state index contributed by atoms with van der Waals surface area (Å²) in [6.07, 6.45) is 3.48. The van der Waals surface area contributed by atoms with Crippen LogP contribution in [0.5, 0.6) is 0 Å². The van der Waals surface area contributed by atoms with Crippen molar-refractivity contribution in [3.05, 3.63) is 46.5 Å². The number of rotatable bonds is 6. The molecular weight excluding hydrogens is 272 g/mol. The van der Waals surface area contributed by atoms with E-state index in [2.05, 4.69) is 35.3 Å². The summed E-state index contributed by atoms with van der Waals surface area (Å²) in [5.74, 6) is 1.00. The van der Waals surface area contributed by atoms with Crippen LogP contribution in [0.2, 0.25) is 5.02 Å². The van der Waals surface area contributed by atoms with E-state index in [0.717, 1.165) is 30.2 Å². The topological polar surface area (TPSA) is 42.7 Å². The van der Waals surface area contributed by atoms with E-state index in [9.17, 15) is 0 Å². The van der Waals surface area contributed by atoms with Gasteiger partial charge in [0.05, 0.1) is 0 Å². The highest BCUT2D eigenvalue weighted by atomic mass is 35.5. The summed E-state index contributed by atoms with van der Waals surface area (Å²) in [7, 11) is 1.96. The van der Waals surface area contributed by atoms with Crippen LogP contribution >= 0.6 is 11.6 Å². The van der Waals surface area contributed by atoms with Crippen molar-refractivity contribution >= 4 is 11.6 Å². The van der Waals surface area contributed by atoms with Crippen molar-refractivity contribution in [2.24, 2.45) is 0 Å². The molecule has 1 unspecified atom stereocenters. The van der Waals surface area contributed by atoms with Crippen LogP contribution in [0.3, 0.4) is 0 Å². The Labute approximate surface area is 125 Å². The number of aryl methyl sites for hydroxylation is 2. The number of benzene rings is 1. The fourth-order valence-corrected chi connectivity index (χ4v) is 2.68. The second-order valence-corrected chi connectivity index (χ2v) is 5.44. The lowest BCUT2D eigenvalue weighted by atomic mass is 10.0. The minimum atomic E-state index is 0.187. The van der Waals surface area contributed by atoms with E-state index in [1.54, 1.807) is 6.33 Å². The van der Waals surface area contributed by atoms with Crippen molar-refractivity contribution < 1.29 is 0 Å². The van der Waals surface area contributed by atoms with Gasteiger partial charge >= 0.3 is 0 Å². The van der Waals surface area contributed by atoms with Gasteiger partial charge in [-0.3, -0.25) is 4.68 Å². The first kappa shape index (κ1) is 15.0. The van der Waals surface area contributed by atoms with E-state index >= 15 is 0 Å². The number of nitrogens with zero attached hydrogens (tertiary/aromatic N) is 3. The molecule has 0 bridgehead atoms. The van der Waals surface area contributed by atoms with Crippen LogP contribution in [0.15, 0.2) is 24.5 Å². The van der Waals surface area contributed by atoms with Gasteiger partial charge in [0, 0.05) is 24.0 Å². The number of halogens is 1. The fraction of sp³-hybridized carbons (Fsp3) is 0.467. The van der Waals surface area contributed by atoms with Crippen LogP contribution in [0.1, 0.15) is 36.3 Å². The lowest BCUT2D eigenvalue weighted by Crippen LogP contribution is -2.21. The van der Waals surface area contributed by atoms with Crippen molar-refractivity contribution in [3.8, 4) is 0 Å². The van der Waals surface area contributed by atoms with Crippen LogP contribution in [0.25, 0.3) is 0 Å². The molecule has 0 amide bonds. The fourth-order valence-electron chi connectivity index (χ4n) is 2.38. The summed E-state index contributed by atoms with van der Waals surface area (Å²) in [6, 6.07) is 6.33. The quantitative estimate of drug-likeness (QED) is 0.889.